The first-order valence-corrected chi connectivity index (χ1v) is 10.2. The summed E-state index contributed by atoms with van der Waals surface area (Å²) >= 11 is 0. The minimum Gasteiger partial charge on any atom is -0.378 e. The van der Waals surface area contributed by atoms with Crippen LogP contribution >= 0.6 is 0 Å². The molecule has 0 radical (unpaired) electrons. The lowest BCUT2D eigenvalue weighted by atomic mass is 9.49. The Bertz CT molecular complexity index is 668. The molecule has 4 heteroatoms. The molecule has 1 aromatic heterocycles. The van der Waals surface area contributed by atoms with Crippen molar-refractivity contribution in [1.29, 1.82) is 0 Å². The van der Waals surface area contributed by atoms with Crippen molar-refractivity contribution >= 4 is 11.6 Å². The number of pyridine rings is 1. The van der Waals surface area contributed by atoms with E-state index in [1.165, 1.54) is 38.5 Å². The van der Waals surface area contributed by atoms with Gasteiger partial charge in [0.25, 0.3) is 0 Å². The van der Waals surface area contributed by atoms with Crippen LogP contribution in [0.4, 0.5) is 5.82 Å². The van der Waals surface area contributed by atoms with Crippen molar-refractivity contribution in [2.24, 2.45) is 23.2 Å². The van der Waals surface area contributed by atoms with Gasteiger partial charge in [0, 0.05) is 24.8 Å². The van der Waals surface area contributed by atoms with Crippen molar-refractivity contribution in [2.45, 2.75) is 38.5 Å². The maximum Gasteiger partial charge on any atom is 0.187 e. The van der Waals surface area contributed by atoms with Gasteiger partial charge in [-0.25, -0.2) is 4.98 Å². The molecule has 0 spiro atoms. The Balaban J connectivity index is 1.27. The maximum absolute atomic E-state index is 12.7. The van der Waals surface area contributed by atoms with Gasteiger partial charge in [-0.05, 0) is 79.9 Å². The van der Waals surface area contributed by atoms with Crippen molar-refractivity contribution in [1.82, 2.24) is 4.98 Å². The number of anilines is 1. The lowest BCUT2D eigenvalue weighted by molar-refractivity contribution is -0.0238. The zero-order valence-corrected chi connectivity index (χ0v) is 15.4. The van der Waals surface area contributed by atoms with E-state index in [0.29, 0.717) is 11.0 Å². The van der Waals surface area contributed by atoms with Crippen LogP contribution in [0.3, 0.4) is 0 Å². The number of rotatable bonds is 4. The number of ketones is 1. The number of carbonyl (C=O) groups excluding carboxylic acids is 1. The third kappa shape index (κ3) is 3.09. The van der Waals surface area contributed by atoms with Crippen LogP contribution in [-0.4, -0.2) is 37.1 Å². The second kappa shape index (κ2) is 6.49. The number of nitrogens with zero attached hydrogens (tertiary/aromatic N) is 2. The maximum atomic E-state index is 12.7. The van der Waals surface area contributed by atoms with Gasteiger partial charge in [-0.3, -0.25) is 4.79 Å². The normalized spacial score (nSPS) is 36.0. The van der Waals surface area contributed by atoms with Gasteiger partial charge < -0.3 is 9.64 Å². The zero-order valence-electron chi connectivity index (χ0n) is 15.4. The van der Waals surface area contributed by atoms with Crippen molar-refractivity contribution in [3.05, 3.63) is 36.0 Å². The summed E-state index contributed by atoms with van der Waals surface area (Å²) in [4.78, 5) is 19.4. The van der Waals surface area contributed by atoms with E-state index in [1.54, 1.807) is 6.20 Å². The van der Waals surface area contributed by atoms with E-state index in [9.17, 15) is 4.79 Å². The van der Waals surface area contributed by atoms with E-state index in [0.717, 1.165) is 49.9 Å². The Morgan fingerprint density at radius 1 is 1.08 bits per heavy atom. The van der Waals surface area contributed by atoms with Gasteiger partial charge in [0.05, 0.1) is 13.2 Å². The second-order valence-corrected chi connectivity index (χ2v) is 8.98. The Morgan fingerprint density at radius 3 is 2.31 bits per heavy atom. The van der Waals surface area contributed by atoms with Crippen LogP contribution in [0.15, 0.2) is 30.5 Å². The topological polar surface area (TPSA) is 42.4 Å². The summed E-state index contributed by atoms with van der Waals surface area (Å²) in [5, 5.41) is 0. The highest BCUT2D eigenvalue weighted by Crippen LogP contribution is 2.60. The molecular weight excluding hydrogens is 324 g/mol. The van der Waals surface area contributed by atoms with Crippen molar-refractivity contribution in [3.63, 3.8) is 0 Å². The first-order chi connectivity index (χ1) is 12.7. The summed E-state index contributed by atoms with van der Waals surface area (Å²) in [5.41, 5.74) is 1.01. The van der Waals surface area contributed by atoms with Gasteiger partial charge in [0.1, 0.15) is 5.82 Å². The van der Waals surface area contributed by atoms with Crippen LogP contribution in [0.2, 0.25) is 0 Å². The molecule has 4 saturated carbocycles. The number of aromatic nitrogens is 1. The minimum atomic E-state index is 0.0989. The molecule has 138 valence electrons. The number of ether oxygens (including phenoxy) is 1. The highest BCUT2D eigenvalue weighted by Gasteiger charge is 2.49. The molecule has 5 fully saturated rings. The largest absolute Gasteiger partial charge is 0.378 e. The molecule has 0 aromatic carbocycles. The molecule has 0 atom stereocenters. The molecule has 2 heterocycles. The van der Waals surface area contributed by atoms with Crippen molar-refractivity contribution in [3.8, 4) is 0 Å². The van der Waals surface area contributed by atoms with Crippen molar-refractivity contribution in [2.75, 3.05) is 31.2 Å². The lowest BCUT2D eigenvalue weighted by Crippen LogP contribution is -2.45. The zero-order chi connectivity index (χ0) is 17.6. The smallest absolute Gasteiger partial charge is 0.187 e. The number of hydrogen-bond donors (Lipinski definition) is 0. The number of morpholine rings is 1. The molecule has 26 heavy (non-hydrogen) atoms. The fourth-order valence-corrected chi connectivity index (χ4v) is 6.24. The third-order valence-corrected chi connectivity index (χ3v) is 7.04. The number of hydrogen-bond acceptors (Lipinski definition) is 4. The van der Waals surface area contributed by atoms with E-state index in [-0.39, 0.29) is 5.78 Å². The molecule has 1 aromatic rings. The summed E-state index contributed by atoms with van der Waals surface area (Å²) in [5.74, 6) is 3.78. The highest BCUT2D eigenvalue weighted by molar-refractivity contribution is 6.04. The predicted molar refractivity (Wildman–Crippen MR) is 101 cm³/mol. The van der Waals surface area contributed by atoms with Crippen LogP contribution in [0.5, 0.6) is 0 Å². The van der Waals surface area contributed by atoms with Gasteiger partial charge in [-0.1, -0.05) is 6.08 Å². The van der Waals surface area contributed by atoms with Crippen LogP contribution < -0.4 is 4.90 Å². The SMILES string of the molecule is O=C(C=CC12CC3CC(CC(C3)C1)C2)c1ccc(N2CCOCC2)nc1. The quantitative estimate of drug-likeness (QED) is 0.609. The average Bonchev–Trinajstić information content (AvgIpc) is 2.66. The standard InChI is InChI=1S/C22H28N2O2/c25-20(19-1-2-21(23-15-19)24-5-7-26-8-6-24)3-4-22-12-16-9-17(13-22)11-18(10-16)14-22/h1-4,15-18H,5-14H2. The van der Waals surface area contributed by atoms with Gasteiger partial charge >= 0.3 is 0 Å². The molecule has 5 aliphatic rings. The summed E-state index contributed by atoms with van der Waals surface area (Å²) in [6, 6.07) is 3.89. The lowest BCUT2D eigenvalue weighted by Gasteiger charge is -2.55. The van der Waals surface area contributed by atoms with E-state index in [1.807, 2.05) is 18.2 Å². The van der Waals surface area contributed by atoms with E-state index < -0.39 is 0 Å². The summed E-state index contributed by atoms with van der Waals surface area (Å²) in [6.07, 6.45) is 14.1. The average molecular weight is 352 g/mol. The summed E-state index contributed by atoms with van der Waals surface area (Å²) in [6.45, 7) is 3.23. The van der Waals surface area contributed by atoms with Gasteiger partial charge in [0.15, 0.2) is 5.78 Å². The molecule has 4 aliphatic carbocycles. The summed E-state index contributed by atoms with van der Waals surface area (Å²) in [7, 11) is 0. The summed E-state index contributed by atoms with van der Waals surface area (Å²) < 4.78 is 5.38. The monoisotopic (exact) mass is 352 g/mol. The molecule has 4 nitrogen and oxygen atoms in total. The Kier molecular flexibility index (Phi) is 4.11. The fourth-order valence-electron chi connectivity index (χ4n) is 6.24. The first-order valence-electron chi connectivity index (χ1n) is 10.2. The molecule has 1 aliphatic heterocycles. The van der Waals surface area contributed by atoms with Gasteiger partial charge in [-0.15, -0.1) is 0 Å². The van der Waals surface area contributed by atoms with E-state index in [4.69, 9.17) is 4.74 Å². The highest BCUT2D eigenvalue weighted by atomic mass is 16.5. The van der Waals surface area contributed by atoms with Crippen LogP contribution in [-0.2, 0) is 4.74 Å². The predicted octanol–water partition coefficient (Wildman–Crippen LogP) is 3.87. The van der Waals surface area contributed by atoms with Gasteiger partial charge in [-0.2, -0.15) is 0 Å². The molecule has 0 N–H and O–H groups in total. The Hall–Kier alpha value is -1.68. The number of carbonyl (C=O) groups is 1. The molecule has 6 rings (SSSR count). The Labute approximate surface area is 155 Å². The molecule has 0 unspecified atom stereocenters. The van der Waals surface area contributed by atoms with Crippen LogP contribution in [0.25, 0.3) is 0 Å². The minimum absolute atomic E-state index is 0.0989. The van der Waals surface area contributed by atoms with E-state index >= 15 is 0 Å². The third-order valence-electron chi connectivity index (χ3n) is 7.04. The first kappa shape index (κ1) is 16.5. The Morgan fingerprint density at radius 2 is 1.73 bits per heavy atom. The molecule has 0 amide bonds. The fraction of sp³-hybridized carbons (Fsp3) is 0.636. The second-order valence-electron chi connectivity index (χ2n) is 8.98. The van der Waals surface area contributed by atoms with E-state index in [2.05, 4.69) is 16.0 Å². The van der Waals surface area contributed by atoms with Gasteiger partial charge in [0.2, 0.25) is 0 Å². The van der Waals surface area contributed by atoms with Crippen LogP contribution in [0, 0.1) is 23.2 Å². The number of allylic oxidation sites excluding steroid dienone is 2. The van der Waals surface area contributed by atoms with Crippen molar-refractivity contribution < 1.29 is 9.53 Å². The van der Waals surface area contributed by atoms with Crippen LogP contribution in [0.1, 0.15) is 48.9 Å². The molecular formula is C22H28N2O2. The molecule has 1 saturated heterocycles. The molecule has 4 bridgehead atoms.